The van der Waals surface area contributed by atoms with Gasteiger partial charge in [-0.05, 0) is 93.3 Å². The fraction of sp³-hybridized carbons (Fsp3) is 0. The molecule has 3 nitrogen and oxygen atoms in total. The Bertz CT molecular complexity index is 3540. The predicted molar refractivity (Wildman–Crippen MR) is 249 cm³/mol. The molecule has 12 rings (SSSR count). The number of furan rings is 1. The van der Waals surface area contributed by atoms with Gasteiger partial charge in [-0.1, -0.05) is 158 Å². The van der Waals surface area contributed by atoms with Gasteiger partial charge in [0.1, 0.15) is 11.2 Å². The topological polar surface area (TPSA) is 21.3 Å². The molecule has 0 N–H and O–H groups in total. The zero-order valence-corrected chi connectivity index (χ0v) is 32.1. The molecule has 0 bridgehead atoms. The van der Waals surface area contributed by atoms with Crippen molar-refractivity contribution in [2.75, 3.05) is 4.90 Å². The third-order valence-electron chi connectivity index (χ3n) is 12.0. The molecule has 0 amide bonds. The van der Waals surface area contributed by atoms with Crippen LogP contribution in [0.3, 0.4) is 0 Å². The zero-order valence-electron chi connectivity index (χ0n) is 32.1. The lowest BCUT2D eigenvalue weighted by molar-refractivity contribution is 0.670. The van der Waals surface area contributed by atoms with E-state index in [9.17, 15) is 0 Å². The quantitative estimate of drug-likeness (QED) is 0.169. The summed E-state index contributed by atoms with van der Waals surface area (Å²) < 4.78 is 9.60. The highest BCUT2D eigenvalue weighted by atomic mass is 16.3. The molecule has 0 atom stereocenters. The number of hydrogen-bond acceptors (Lipinski definition) is 2. The van der Waals surface area contributed by atoms with E-state index in [1.165, 1.54) is 43.6 Å². The molecule has 0 radical (unpaired) electrons. The van der Waals surface area contributed by atoms with Crippen molar-refractivity contribution in [1.29, 1.82) is 0 Å². The molecule has 0 unspecified atom stereocenters. The van der Waals surface area contributed by atoms with Crippen LogP contribution in [0.4, 0.5) is 17.1 Å². The Labute approximate surface area is 341 Å². The molecular formula is C56H36N2O. The van der Waals surface area contributed by atoms with Crippen LogP contribution in [0.25, 0.3) is 93.2 Å². The van der Waals surface area contributed by atoms with Crippen LogP contribution in [0.1, 0.15) is 0 Å². The SMILES string of the molecule is c1ccc(-c2ccc(N(c3ccc4ccccc4c3)c3ccc(-c4cccc5c6ccccc6n(-c6ccccc6)c45)c4oc5ccc6ccccc6c5c34)cc2)cc1. The maximum Gasteiger partial charge on any atom is 0.145 e. The largest absolute Gasteiger partial charge is 0.455 e. The van der Waals surface area contributed by atoms with E-state index in [1.807, 2.05) is 0 Å². The first-order chi connectivity index (χ1) is 29.3. The van der Waals surface area contributed by atoms with Crippen molar-refractivity contribution in [2.24, 2.45) is 0 Å². The minimum absolute atomic E-state index is 0.859. The summed E-state index contributed by atoms with van der Waals surface area (Å²) in [5.74, 6) is 0. The molecule has 10 aromatic carbocycles. The van der Waals surface area contributed by atoms with Crippen molar-refractivity contribution in [3.8, 4) is 27.9 Å². The average molecular weight is 753 g/mol. The summed E-state index contributed by atoms with van der Waals surface area (Å²) >= 11 is 0. The van der Waals surface area contributed by atoms with Crippen LogP contribution < -0.4 is 4.90 Å². The standard InChI is InChI=1S/C56H36N2O/c1-3-14-37(15-4-1)39-26-30-43(31-27-39)57(44-32-28-38-16-7-8-18-41(38)36-44)51-34-33-49(56-54(51)53-45-21-10-9-17-40(45)29-35-52(53)59-56)48-24-13-23-47-46-22-11-12-25-50(46)58(55(47)48)42-19-5-2-6-20-42/h1-36H. The Kier molecular flexibility index (Phi) is 7.54. The van der Waals surface area contributed by atoms with Gasteiger partial charge in [0.15, 0.2) is 0 Å². The van der Waals surface area contributed by atoms with Crippen molar-refractivity contribution >= 4 is 82.4 Å². The minimum atomic E-state index is 0.859. The molecule has 0 saturated carbocycles. The summed E-state index contributed by atoms with van der Waals surface area (Å²) in [7, 11) is 0. The molecule has 0 saturated heterocycles. The monoisotopic (exact) mass is 752 g/mol. The van der Waals surface area contributed by atoms with Crippen molar-refractivity contribution in [1.82, 2.24) is 4.57 Å². The molecular weight excluding hydrogens is 717 g/mol. The van der Waals surface area contributed by atoms with E-state index in [-0.39, 0.29) is 0 Å². The van der Waals surface area contributed by atoms with Crippen LogP contribution >= 0.6 is 0 Å². The third-order valence-corrected chi connectivity index (χ3v) is 12.0. The van der Waals surface area contributed by atoms with E-state index < -0.39 is 0 Å². The molecule has 0 spiro atoms. The second-order valence-electron chi connectivity index (χ2n) is 15.3. The molecule has 2 aromatic heterocycles. The molecule has 0 aliphatic heterocycles. The number of hydrogen-bond donors (Lipinski definition) is 0. The molecule has 2 heterocycles. The lowest BCUT2D eigenvalue weighted by Crippen LogP contribution is -2.10. The summed E-state index contributed by atoms with van der Waals surface area (Å²) in [4.78, 5) is 2.41. The van der Waals surface area contributed by atoms with Crippen LogP contribution in [0.2, 0.25) is 0 Å². The minimum Gasteiger partial charge on any atom is -0.455 e. The van der Waals surface area contributed by atoms with Gasteiger partial charge >= 0.3 is 0 Å². The normalized spacial score (nSPS) is 11.7. The van der Waals surface area contributed by atoms with Gasteiger partial charge in [-0.15, -0.1) is 0 Å². The van der Waals surface area contributed by atoms with Gasteiger partial charge in [-0.3, -0.25) is 0 Å². The van der Waals surface area contributed by atoms with Crippen LogP contribution in [0.5, 0.6) is 0 Å². The zero-order chi connectivity index (χ0) is 38.9. The second-order valence-corrected chi connectivity index (χ2v) is 15.3. The van der Waals surface area contributed by atoms with Gasteiger partial charge in [0.05, 0.1) is 22.1 Å². The van der Waals surface area contributed by atoms with Gasteiger partial charge in [-0.2, -0.15) is 0 Å². The number of nitrogens with zero attached hydrogens (tertiary/aromatic N) is 2. The first kappa shape index (κ1) is 33.3. The number of anilines is 3. The van der Waals surface area contributed by atoms with E-state index >= 15 is 0 Å². The van der Waals surface area contributed by atoms with Gasteiger partial charge in [0, 0.05) is 44.3 Å². The van der Waals surface area contributed by atoms with Gasteiger partial charge in [0.25, 0.3) is 0 Å². The Morgan fingerprint density at radius 2 is 1.03 bits per heavy atom. The number of aromatic nitrogens is 1. The fourth-order valence-corrected chi connectivity index (χ4v) is 9.28. The molecule has 0 aliphatic carbocycles. The number of rotatable bonds is 6. The molecule has 12 aromatic rings. The molecule has 276 valence electrons. The molecule has 59 heavy (non-hydrogen) atoms. The van der Waals surface area contributed by atoms with Crippen molar-refractivity contribution in [3.05, 3.63) is 218 Å². The third kappa shape index (κ3) is 5.29. The molecule has 0 aliphatic rings. The summed E-state index contributed by atoms with van der Waals surface area (Å²) in [5, 5.41) is 9.34. The molecule has 0 fully saturated rings. The Hall–Kier alpha value is -7.88. The highest BCUT2D eigenvalue weighted by molar-refractivity contribution is 6.26. The number of para-hydroxylation sites is 3. The maximum atomic E-state index is 7.19. The van der Waals surface area contributed by atoms with Crippen LogP contribution in [0, 0.1) is 0 Å². The number of fused-ring (bicyclic) bond motifs is 9. The fourth-order valence-electron chi connectivity index (χ4n) is 9.28. The predicted octanol–water partition coefficient (Wildman–Crippen LogP) is 15.8. The highest BCUT2D eigenvalue weighted by Crippen LogP contribution is 2.49. The smallest absolute Gasteiger partial charge is 0.145 e. The Morgan fingerprint density at radius 1 is 0.390 bits per heavy atom. The number of benzene rings is 10. The summed E-state index contributed by atoms with van der Waals surface area (Å²) in [6.07, 6.45) is 0. The van der Waals surface area contributed by atoms with Crippen LogP contribution in [0.15, 0.2) is 223 Å². The van der Waals surface area contributed by atoms with Crippen molar-refractivity contribution < 1.29 is 4.42 Å². The summed E-state index contributed by atoms with van der Waals surface area (Å²) in [5.41, 5.74) is 12.9. The van der Waals surface area contributed by atoms with Gasteiger partial charge < -0.3 is 13.9 Å². The molecule has 3 heteroatoms. The van der Waals surface area contributed by atoms with E-state index in [0.717, 1.165) is 66.7 Å². The van der Waals surface area contributed by atoms with Gasteiger partial charge in [-0.25, -0.2) is 0 Å². The van der Waals surface area contributed by atoms with E-state index in [1.54, 1.807) is 0 Å². The lowest BCUT2D eigenvalue weighted by atomic mass is 9.96. The summed E-state index contributed by atoms with van der Waals surface area (Å²) in [6, 6.07) is 78.6. The highest BCUT2D eigenvalue weighted by Gasteiger charge is 2.25. The van der Waals surface area contributed by atoms with Crippen LogP contribution in [-0.4, -0.2) is 4.57 Å². The first-order valence-electron chi connectivity index (χ1n) is 20.2. The van der Waals surface area contributed by atoms with Crippen molar-refractivity contribution in [2.45, 2.75) is 0 Å². The van der Waals surface area contributed by atoms with E-state index in [0.29, 0.717) is 0 Å². The first-order valence-corrected chi connectivity index (χ1v) is 20.2. The second kappa shape index (κ2) is 13.4. The van der Waals surface area contributed by atoms with Crippen LogP contribution in [-0.2, 0) is 0 Å². The summed E-state index contributed by atoms with van der Waals surface area (Å²) in [6.45, 7) is 0. The lowest BCUT2D eigenvalue weighted by Gasteiger charge is -2.27. The maximum absolute atomic E-state index is 7.19. The Balaban J connectivity index is 1.19. The Morgan fingerprint density at radius 3 is 1.86 bits per heavy atom. The average Bonchev–Trinajstić information content (AvgIpc) is 3.87. The van der Waals surface area contributed by atoms with Gasteiger partial charge in [0.2, 0.25) is 0 Å². The van der Waals surface area contributed by atoms with E-state index in [4.69, 9.17) is 4.42 Å². The van der Waals surface area contributed by atoms with E-state index in [2.05, 4.69) is 228 Å². The van der Waals surface area contributed by atoms with Crippen molar-refractivity contribution in [3.63, 3.8) is 0 Å².